The smallest absolute Gasteiger partial charge is 0.192 e. The van der Waals surface area contributed by atoms with Crippen molar-refractivity contribution in [3.05, 3.63) is 29.3 Å². The Morgan fingerprint density at radius 1 is 1.33 bits per heavy atom. The van der Waals surface area contributed by atoms with E-state index in [9.17, 15) is 0 Å². The standard InChI is InChI=1S/C13H22OSi/c1-5-10(2)9-14-15-13-8-6-7-11(3)12(13)4/h6-8,10H,5,9,15H2,1-4H3. The Hall–Kier alpha value is -0.603. The minimum absolute atomic E-state index is 0.514. The van der Waals surface area contributed by atoms with Crippen LogP contribution in [0.2, 0.25) is 0 Å². The van der Waals surface area contributed by atoms with Crippen molar-refractivity contribution in [2.45, 2.75) is 34.1 Å². The second-order valence-corrected chi connectivity index (χ2v) is 5.85. The minimum Gasteiger partial charge on any atom is -0.418 e. The van der Waals surface area contributed by atoms with Crippen molar-refractivity contribution in [1.29, 1.82) is 0 Å². The monoisotopic (exact) mass is 222 g/mol. The fourth-order valence-corrected chi connectivity index (χ4v) is 2.92. The first kappa shape index (κ1) is 12.5. The average molecular weight is 222 g/mol. The van der Waals surface area contributed by atoms with Gasteiger partial charge in [-0.05, 0) is 36.1 Å². The molecule has 0 aromatic heterocycles. The number of aryl methyl sites for hydroxylation is 1. The lowest BCUT2D eigenvalue weighted by molar-refractivity contribution is 0.273. The van der Waals surface area contributed by atoms with Crippen LogP contribution in [0.1, 0.15) is 31.4 Å². The molecule has 15 heavy (non-hydrogen) atoms. The highest BCUT2D eigenvalue weighted by molar-refractivity contribution is 6.47. The fourth-order valence-electron chi connectivity index (χ4n) is 1.46. The first-order chi connectivity index (χ1) is 7.15. The summed E-state index contributed by atoms with van der Waals surface area (Å²) in [7, 11) is -0.514. The summed E-state index contributed by atoms with van der Waals surface area (Å²) in [5.41, 5.74) is 2.81. The van der Waals surface area contributed by atoms with Crippen LogP contribution >= 0.6 is 0 Å². The lowest BCUT2D eigenvalue weighted by Gasteiger charge is -2.11. The van der Waals surface area contributed by atoms with E-state index in [1.165, 1.54) is 22.7 Å². The fraction of sp³-hybridized carbons (Fsp3) is 0.538. The molecular formula is C13H22OSi. The summed E-state index contributed by atoms with van der Waals surface area (Å²) in [4.78, 5) is 0. The van der Waals surface area contributed by atoms with E-state index < -0.39 is 9.76 Å². The van der Waals surface area contributed by atoms with Gasteiger partial charge in [-0.3, -0.25) is 0 Å². The SMILES string of the molecule is CCC(C)CO[SiH2]c1cccc(C)c1C. The molecule has 0 heterocycles. The van der Waals surface area contributed by atoms with Gasteiger partial charge in [-0.2, -0.15) is 0 Å². The molecule has 0 N–H and O–H groups in total. The molecule has 2 heteroatoms. The molecule has 0 amide bonds. The van der Waals surface area contributed by atoms with Crippen LogP contribution in [0.15, 0.2) is 18.2 Å². The molecular weight excluding hydrogens is 200 g/mol. The van der Waals surface area contributed by atoms with Crippen molar-refractivity contribution in [3.8, 4) is 0 Å². The lowest BCUT2D eigenvalue weighted by Crippen LogP contribution is -2.23. The molecule has 0 saturated carbocycles. The largest absolute Gasteiger partial charge is 0.418 e. The summed E-state index contributed by atoms with van der Waals surface area (Å²) in [5.74, 6) is 0.697. The second-order valence-electron chi connectivity index (χ2n) is 4.39. The van der Waals surface area contributed by atoms with Crippen LogP contribution in [0.5, 0.6) is 0 Å². The van der Waals surface area contributed by atoms with E-state index in [1.807, 2.05) is 0 Å². The highest BCUT2D eigenvalue weighted by atomic mass is 28.2. The van der Waals surface area contributed by atoms with E-state index in [2.05, 4.69) is 45.9 Å². The third-order valence-electron chi connectivity index (χ3n) is 3.07. The van der Waals surface area contributed by atoms with Crippen LogP contribution in [0.25, 0.3) is 0 Å². The molecule has 0 bridgehead atoms. The van der Waals surface area contributed by atoms with E-state index in [0.29, 0.717) is 5.92 Å². The van der Waals surface area contributed by atoms with E-state index in [1.54, 1.807) is 0 Å². The van der Waals surface area contributed by atoms with Crippen molar-refractivity contribution in [2.24, 2.45) is 5.92 Å². The third-order valence-corrected chi connectivity index (χ3v) is 4.59. The van der Waals surface area contributed by atoms with Crippen molar-refractivity contribution in [3.63, 3.8) is 0 Å². The molecule has 0 aliphatic carbocycles. The maximum atomic E-state index is 5.85. The molecule has 0 aliphatic rings. The van der Waals surface area contributed by atoms with E-state index >= 15 is 0 Å². The Bertz CT molecular complexity index is 309. The summed E-state index contributed by atoms with van der Waals surface area (Å²) in [6, 6.07) is 6.52. The number of rotatable bonds is 5. The Morgan fingerprint density at radius 2 is 2.07 bits per heavy atom. The summed E-state index contributed by atoms with van der Waals surface area (Å²) in [5, 5.41) is 1.46. The number of hydrogen-bond donors (Lipinski definition) is 0. The van der Waals surface area contributed by atoms with Gasteiger partial charge in [0, 0.05) is 6.61 Å². The Kier molecular flexibility index (Phi) is 5.06. The molecule has 1 nitrogen and oxygen atoms in total. The highest BCUT2D eigenvalue weighted by Crippen LogP contribution is 2.03. The van der Waals surface area contributed by atoms with Crippen LogP contribution in [-0.2, 0) is 4.43 Å². The number of benzene rings is 1. The molecule has 84 valence electrons. The molecule has 0 fully saturated rings. The molecule has 1 aromatic carbocycles. The van der Waals surface area contributed by atoms with E-state index in [0.717, 1.165) is 6.61 Å². The summed E-state index contributed by atoms with van der Waals surface area (Å²) in [6.07, 6.45) is 1.21. The van der Waals surface area contributed by atoms with Crippen LogP contribution in [-0.4, -0.2) is 16.4 Å². The van der Waals surface area contributed by atoms with Gasteiger partial charge in [0.25, 0.3) is 0 Å². The molecule has 0 aliphatic heterocycles. The van der Waals surface area contributed by atoms with Crippen molar-refractivity contribution < 1.29 is 4.43 Å². The molecule has 1 rings (SSSR count). The molecule has 0 saturated heterocycles. The van der Waals surface area contributed by atoms with Gasteiger partial charge < -0.3 is 4.43 Å². The lowest BCUT2D eigenvalue weighted by atomic mass is 10.1. The minimum atomic E-state index is -0.514. The van der Waals surface area contributed by atoms with Crippen molar-refractivity contribution >= 4 is 14.9 Å². The molecule has 0 radical (unpaired) electrons. The van der Waals surface area contributed by atoms with Gasteiger partial charge in [-0.1, -0.05) is 38.5 Å². The Balaban J connectivity index is 2.47. The maximum Gasteiger partial charge on any atom is 0.192 e. The van der Waals surface area contributed by atoms with E-state index in [4.69, 9.17) is 4.43 Å². The van der Waals surface area contributed by atoms with Gasteiger partial charge in [-0.25, -0.2) is 0 Å². The zero-order valence-electron chi connectivity index (χ0n) is 10.3. The van der Waals surface area contributed by atoms with Crippen LogP contribution in [0.4, 0.5) is 0 Å². The topological polar surface area (TPSA) is 9.23 Å². The first-order valence-electron chi connectivity index (χ1n) is 5.78. The van der Waals surface area contributed by atoms with Gasteiger partial charge in [-0.15, -0.1) is 0 Å². The molecule has 1 aromatic rings. The third kappa shape index (κ3) is 3.80. The van der Waals surface area contributed by atoms with Gasteiger partial charge in [0.05, 0.1) is 0 Å². The summed E-state index contributed by atoms with van der Waals surface area (Å²) in [6.45, 7) is 9.76. The molecule has 1 unspecified atom stereocenters. The maximum absolute atomic E-state index is 5.85. The highest BCUT2D eigenvalue weighted by Gasteiger charge is 2.03. The molecule has 0 spiro atoms. The zero-order chi connectivity index (χ0) is 11.3. The molecule has 1 atom stereocenters. The normalized spacial score (nSPS) is 13.6. The van der Waals surface area contributed by atoms with Gasteiger partial charge >= 0.3 is 0 Å². The second kappa shape index (κ2) is 6.08. The predicted octanol–water partition coefficient (Wildman–Crippen LogP) is 2.08. The average Bonchev–Trinajstić information content (AvgIpc) is 2.24. The van der Waals surface area contributed by atoms with Crippen molar-refractivity contribution in [2.75, 3.05) is 6.61 Å². The van der Waals surface area contributed by atoms with Gasteiger partial charge in [0.2, 0.25) is 0 Å². The Morgan fingerprint density at radius 3 is 2.73 bits per heavy atom. The van der Waals surface area contributed by atoms with Gasteiger partial charge in [0.1, 0.15) is 0 Å². The van der Waals surface area contributed by atoms with E-state index in [-0.39, 0.29) is 0 Å². The summed E-state index contributed by atoms with van der Waals surface area (Å²) < 4.78 is 5.85. The quantitative estimate of drug-likeness (QED) is 0.693. The van der Waals surface area contributed by atoms with Crippen molar-refractivity contribution in [1.82, 2.24) is 0 Å². The zero-order valence-corrected chi connectivity index (χ0v) is 11.8. The van der Waals surface area contributed by atoms with Gasteiger partial charge in [0.15, 0.2) is 9.76 Å². The first-order valence-corrected chi connectivity index (χ1v) is 7.06. The van der Waals surface area contributed by atoms with Crippen LogP contribution in [0, 0.1) is 19.8 Å². The Labute approximate surface area is 95.8 Å². The predicted molar refractivity (Wildman–Crippen MR) is 69.5 cm³/mol. The number of hydrogen-bond acceptors (Lipinski definition) is 1. The van der Waals surface area contributed by atoms with Crippen LogP contribution in [0.3, 0.4) is 0 Å². The summed E-state index contributed by atoms with van der Waals surface area (Å²) >= 11 is 0. The van der Waals surface area contributed by atoms with Crippen LogP contribution < -0.4 is 5.19 Å².